The van der Waals surface area contributed by atoms with Gasteiger partial charge in [-0.1, -0.05) is 25.4 Å². The van der Waals surface area contributed by atoms with Gasteiger partial charge in [0.25, 0.3) is 5.91 Å². The van der Waals surface area contributed by atoms with Crippen molar-refractivity contribution in [2.24, 2.45) is 5.92 Å². The van der Waals surface area contributed by atoms with Crippen molar-refractivity contribution >= 4 is 17.5 Å². The third-order valence-electron chi connectivity index (χ3n) is 4.65. The van der Waals surface area contributed by atoms with Crippen LogP contribution < -0.4 is 5.32 Å². The number of hydrogen-bond donors (Lipinski definition) is 2. The van der Waals surface area contributed by atoms with E-state index in [0.717, 1.165) is 0 Å². The first-order chi connectivity index (χ1) is 12.5. The van der Waals surface area contributed by atoms with Crippen LogP contribution in [-0.4, -0.2) is 57.0 Å². The number of carbonyl (C=O) groups excluding carboxylic acids is 1. The van der Waals surface area contributed by atoms with Crippen LogP contribution in [0.5, 0.6) is 0 Å². The van der Waals surface area contributed by atoms with Crippen LogP contribution in [0.15, 0.2) is 30.9 Å². The zero-order valence-corrected chi connectivity index (χ0v) is 15.6. The molecule has 0 saturated carbocycles. The second kappa shape index (κ2) is 7.65. The summed E-state index contributed by atoms with van der Waals surface area (Å²) in [5, 5.41) is 15.1. The molecule has 0 aromatic carbocycles. The Kier molecular flexibility index (Phi) is 5.50. The molecule has 1 aliphatic rings. The number of piperazine rings is 1. The molecule has 3 rings (SSSR count). The molecular formula is C18H22ClN5O2. The van der Waals surface area contributed by atoms with Crippen LogP contribution >= 0.6 is 11.6 Å². The maximum Gasteiger partial charge on any atom is 0.261 e. The van der Waals surface area contributed by atoms with Gasteiger partial charge in [-0.3, -0.25) is 19.7 Å². The Balaban J connectivity index is 2.12. The Morgan fingerprint density at radius 1 is 1.27 bits per heavy atom. The Bertz CT molecular complexity index is 795. The Morgan fingerprint density at radius 2 is 1.96 bits per heavy atom. The fourth-order valence-electron chi connectivity index (χ4n) is 3.11. The molecule has 26 heavy (non-hydrogen) atoms. The molecule has 0 radical (unpaired) electrons. The number of amides is 1. The van der Waals surface area contributed by atoms with Gasteiger partial charge in [-0.05, 0) is 12.0 Å². The van der Waals surface area contributed by atoms with Gasteiger partial charge in [0.1, 0.15) is 5.69 Å². The molecule has 2 aromatic rings. The normalized spacial score (nSPS) is 17.2. The van der Waals surface area contributed by atoms with Crippen molar-refractivity contribution in [3.8, 4) is 11.3 Å². The van der Waals surface area contributed by atoms with E-state index in [1.54, 1.807) is 31.0 Å². The summed E-state index contributed by atoms with van der Waals surface area (Å²) in [6.07, 6.45) is 6.09. The Morgan fingerprint density at radius 3 is 2.62 bits per heavy atom. The first-order valence-corrected chi connectivity index (χ1v) is 8.98. The average Bonchev–Trinajstić information content (AvgIpc) is 2.67. The molecule has 2 aromatic heterocycles. The van der Waals surface area contributed by atoms with Gasteiger partial charge in [0, 0.05) is 56.5 Å². The minimum atomic E-state index is -1.80. The molecule has 1 amide bonds. The van der Waals surface area contributed by atoms with Crippen molar-refractivity contribution in [2.75, 3.05) is 26.2 Å². The van der Waals surface area contributed by atoms with Crippen molar-refractivity contribution < 1.29 is 9.90 Å². The van der Waals surface area contributed by atoms with Crippen LogP contribution in [0.2, 0.25) is 5.02 Å². The highest BCUT2D eigenvalue weighted by atomic mass is 35.5. The lowest BCUT2D eigenvalue weighted by Gasteiger charge is -2.38. The molecular weight excluding hydrogens is 354 g/mol. The van der Waals surface area contributed by atoms with E-state index in [-0.39, 0.29) is 11.6 Å². The summed E-state index contributed by atoms with van der Waals surface area (Å²) in [4.78, 5) is 27.6. The molecule has 1 saturated heterocycles. The monoisotopic (exact) mass is 375 g/mol. The lowest BCUT2D eigenvalue weighted by atomic mass is 9.83. The van der Waals surface area contributed by atoms with E-state index >= 15 is 0 Å². The SMILES string of the molecule is CC(C)C(O)(C(=O)N1CCNCC1)c1nccnc1-c1ccncc1Cl. The van der Waals surface area contributed by atoms with Crippen LogP contribution in [0, 0.1) is 5.92 Å². The van der Waals surface area contributed by atoms with E-state index in [9.17, 15) is 9.90 Å². The van der Waals surface area contributed by atoms with E-state index in [0.29, 0.717) is 42.5 Å². The second-order valence-electron chi connectivity index (χ2n) is 6.57. The van der Waals surface area contributed by atoms with Crippen molar-refractivity contribution in [2.45, 2.75) is 19.4 Å². The Hall–Kier alpha value is -2.09. The first kappa shape index (κ1) is 18.7. The predicted molar refractivity (Wildman–Crippen MR) is 98.5 cm³/mol. The number of nitrogens with one attached hydrogen (secondary N) is 1. The summed E-state index contributed by atoms with van der Waals surface area (Å²) in [6, 6.07) is 1.70. The predicted octanol–water partition coefficient (Wildman–Crippen LogP) is 1.47. The van der Waals surface area contributed by atoms with E-state index in [1.165, 1.54) is 18.6 Å². The van der Waals surface area contributed by atoms with Crippen molar-refractivity contribution in [3.05, 3.63) is 41.6 Å². The standard InChI is InChI=1S/C18H22ClN5O2/c1-12(2)18(26,17(25)24-9-7-20-8-10-24)16-15(22-5-6-23-16)13-3-4-21-11-14(13)19/h3-6,11-12,20,26H,7-10H2,1-2H3. The molecule has 2 N–H and O–H groups in total. The fourth-order valence-corrected chi connectivity index (χ4v) is 3.32. The van der Waals surface area contributed by atoms with Crippen LogP contribution in [0.4, 0.5) is 0 Å². The molecule has 0 aliphatic carbocycles. The van der Waals surface area contributed by atoms with Crippen LogP contribution in [0.25, 0.3) is 11.3 Å². The topological polar surface area (TPSA) is 91.2 Å². The Labute approximate surface area is 157 Å². The van der Waals surface area contributed by atoms with Crippen molar-refractivity contribution in [1.82, 2.24) is 25.2 Å². The lowest BCUT2D eigenvalue weighted by molar-refractivity contribution is -0.159. The van der Waals surface area contributed by atoms with Gasteiger partial charge in [0.15, 0.2) is 5.60 Å². The van der Waals surface area contributed by atoms with Gasteiger partial charge in [-0.2, -0.15) is 0 Å². The summed E-state index contributed by atoms with van der Waals surface area (Å²) in [6.45, 7) is 6.07. The number of aliphatic hydroxyl groups is 1. The minimum absolute atomic E-state index is 0.214. The highest BCUT2D eigenvalue weighted by molar-refractivity contribution is 6.33. The number of rotatable bonds is 4. The van der Waals surface area contributed by atoms with Crippen LogP contribution in [-0.2, 0) is 10.4 Å². The maximum absolute atomic E-state index is 13.3. The maximum atomic E-state index is 13.3. The third kappa shape index (κ3) is 3.30. The zero-order valence-electron chi connectivity index (χ0n) is 14.8. The van der Waals surface area contributed by atoms with Crippen molar-refractivity contribution in [3.63, 3.8) is 0 Å². The highest BCUT2D eigenvalue weighted by Crippen LogP contribution is 2.37. The number of carbonyl (C=O) groups is 1. The number of halogens is 1. The largest absolute Gasteiger partial charge is 0.374 e. The summed E-state index contributed by atoms with van der Waals surface area (Å²) in [5.41, 5.74) is -0.615. The highest BCUT2D eigenvalue weighted by Gasteiger charge is 2.47. The summed E-state index contributed by atoms with van der Waals surface area (Å²) in [7, 11) is 0. The van der Waals surface area contributed by atoms with Gasteiger partial charge in [0.2, 0.25) is 0 Å². The second-order valence-corrected chi connectivity index (χ2v) is 6.98. The first-order valence-electron chi connectivity index (χ1n) is 8.60. The molecule has 1 atom stereocenters. The lowest BCUT2D eigenvalue weighted by Crippen LogP contribution is -2.56. The van der Waals surface area contributed by atoms with E-state index in [4.69, 9.17) is 11.6 Å². The van der Waals surface area contributed by atoms with Gasteiger partial charge in [-0.15, -0.1) is 0 Å². The smallest absolute Gasteiger partial charge is 0.261 e. The molecule has 3 heterocycles. The van der Waals surface area contributed by atoms with E-state index in [2.05, 4.69) is 20.3 Å². The molecule has 1 fully saturated rings. The molecule has 138 valence electrons. The van der Waals surface area contributed by atoms with Crippen LogP contribution in [0.1, 0.15) is 19.5 Å². The van der Waals surface area contributed by atoms with E-state index < -0.39 is 11.5 Å². The number of pyridine rings is 1. The molecule has 7 nitrogen and oxygen atoms in total. The number of hydrogen-bond acceptors (Lipinski definition) is 6. The van der Waals surface area contributed by atoms with Gasteiger partial charge in [-0.25, -0.2) is 0 Å². The molecule has 8 heteroatoms. The molecule has 0 bridgehead atoms. The molecule has 0 spiro atoms. The molecule has 1 aliphatic heterocycles. The molecule has 1 unspecified atom stereocenters. The third-order valence-corrected chi connectivity index (χ3v) is 4.95. The van der Waals surface area contributed by atoms with Crippen LogP contribution in [0.3, 0.4) is 0 Å². The van der Waals surface area contributed by atoms with Crippen molar-refractivity contribution in [1.29, 1.82) is 0 Å². The summed E-state index contributed by atoms with van der Waals surface area (Å²) in [5.74, 6) is -0.762. The number of aromatic nitrogens is 3. The fraction of sp³-hybridized carbons (Fsp3) is 0.444. The van der Waals surface area contributed by atoms with Gasteiger partial charge in [0.05, 0.1) is 10.7 Å². The minimum Gasteiger partial charge on any atom is -0.374 e. The number of nitrogens with zero attached hydrogens (tertiary/aromatic N) is 4. The quantitative estimate of drug-likeness (QED) is 0.840. The summed E-state index contributed by atoms with van der Waals surface area (Å²) >= 11 is 6.27. The van der Waals surface area contributed by atoms with Gasteiger partial charge < -0.3 is 15.3 Å². The zero-order chi connectivity index (χ0) is 18.7. The van der Waals surface area contributed by atoms with Gasteiger partial charge >= 0.3 is 0 Å². The average molecular weight is 376 g/mol. The summed E-state index contributed by atoms with van der Waals surface area (Å²) < 4.78 is 0. The van der Waals surface area contributed by atoms with E-state index in [1.807, 2.05) is 0 Å².